The second kappa shape index (κ2) is 3.71. The van der Waals surface area contributed by atoms with Gasteiger partial charge in [-0.2, -0.15) is 0 Å². The molecule has 4 heteroatoms. The van der Waals surface area contributed by atoms with Crippen molar-refractivity contribution in [3.8, 4) is 0 Å². The standard InChI is InChI=1S/C8H11N3O/c1-11(2)8-4-3-7(5-9-8)6-10-12/h3-6,12H,1-2H3/b10-6+. The van der Waals surface area contributed by atoms with Crippen molar-refractivity contribution in [2.75, 3.05) is 19.0 Å². The van der Waals surface area contributed by atoms with Gasteiger partial charge in [0.2, 0.25) is 0 Å². The van der Waals surface area contributed by atoms with Crippen LogP contribution in [0.4, 0.5) is 5.82 Å². The van der Waals surface area contributed by atoms with Crippen LogP contribution in [0.25, 0.3) is 0 Å². The van der Waals surface area contributed by atoms with Gasteiger partial charge in [-0.1, -0.05) is 5.16 Å². The summed E-state index contributed by atoms with van der Waals surface area (Å²) in [6.45, 7) is 0. The summed E-state index contributed by atoms with van der Waals surface area (Å²) in [6, 6.07) is 3.69. The quantitative estimate of drug-likeness (QED) is 0.403. The summed E-state index contributed by atoms with van der Waals surface area (Å²) >= 11 is 0. The number of aromatic nitrogens is 1. The fraction of sp³-hybridized carbons (Fsp3) is 0.250. The number of rotatable bonds is 2. The Labute approximate surface area is 71.1 Å². The molecule has 0 saturated heterocycles. The fourth-order valence-corrected chi connectivity index (χ4v) is 0.805. The Morgan fingerprint density at radius 1 is 1.50 bits per heavy atom. The van der Waals surface area contributed by atoms with Crippen LogP contribution in [-0.2, 0) is 0 Å². The molecule has 1 aromatic rings. The van der Waals surface area contributed by atoms with Gasteiger partial charge >= 0.3 is 0 Å². The second-order valence-electron chi connectivity index (χ2n) is 2.59. The van der Waals surface area contributed by atoms with Gasteiger partial charge in [-0.15, -0.1) is 0 Å². The number of oxime groups is 1. The van der Waals surface area contributed by atoms with E-state index < -0.39 is 0 Å². The minimum atomic E-state index is 0.781. The molecule has 0 atom stereocenters. The third-order valence-corrected chi connectivity index (χ3v) is 1.44. The lowest BCUT2D eigenvalue weighted by Gasteiger charge is -2.09. The Kier molecular flexibility index (Phi) is 2.63. The minimum Gasteiger partial charge on any atom is -0.411 e. The highest BCUT2D eigenvalue weighted by Gasteiger charge is 1.94. The maximum Gasteiger partial charge on any atom is 0.127 e. The van der Waals surface area contributed by atoms with E-state index in [1.54, 1.807) is 6.20 Å². The summed E-state index contributed by atoms with van der Waals surface area (Å²) in [5.41, 5.74) is 0.781. The van der Waals surface area contributed by atoms with Crippen molar-refractivity contribution < 1.29 is 5.21 Å². The van der Waals surface area contributed by atoms with Crippen molar-refractivity contribution in [3.63, 3.8) is 0 Å². The summed E-state index contributed by atoms with van der Waals surface area (Å²) in [6.07, 6.45) is 2.99. The molecule has 12 heavy (non-hydrogen) atoms. The zero-order chi connectivity index (χ0) is 8.97. The maximum atomic E-state index is 8.23. The van der Waals surface area contributed by atoms with E-state index in [2.05, 4.69) is 10.1 Å². The molecular weight excluding hydrogens is 154 g/mol. The van der Waals surface area contributed by atoms with Crippen molar-refractivity contribution in [1.29, 1.82) is 0 Å². The topological polar surface area (TPSA) is 48.7 Å². The van der Waals surface area contributed by atoms with Gasteiger partial charge in [0.25, 0.3) is 0 Å². The average molecular weight is 165 g/mol. The molecule has 1 N–H and O–H groups in total. The Bertz CT molecular complexity index is 266. The molecule has 1 heterocycles. The molecule has 0 fully saturated rings. The first-order valence-corrected chi connectivity index (χ1v) is 3.55. The Morgan fingerprint density at radius 2 is 2.25 bits per heavy atom. The number of hydrogen-bond acceptors (Lipinski definition) is 4. The van der Waals surface area contributed by atoms with E-state index in [1.165, 1.54) is 6.21 Å². The molecule has 0 unspecified atom stereocenters. The molecule has 0 aromatic carbocycles. The predicted molar refractivity (Wildman–Crippen MR) is 47.9 cm³/mol. The molecule has 0 aliphatic heterocycles. The molecule has 1 rings (SSSR count). The van der Waals surface area contributed by atoms with Crippen molar-refractivity contribution in [1.82, 2.24) is 4.98 Å². The van der Waals surface area contributed by atoms with Crippen LogP contribution in [0.15, 0.2) is 23.5 Å². The van der Waals surface area contributed by atoms with Gasteiger partial charge in [0, 0.05) is 25.9 Å². The number of nitrogens with zero attached hydrogens (tertiary/aromatic N) is 3. The Hall–Kier alpha value is -1.58. The van der Waals surface area contributed by atoms with Crippen molar-refractivity contribution in [2.45, 2.75) is 0 Å². The van der Waals surface area contributed by atoms with Crippen molar-refractivity contribution >= 4 is 12.0 Å². The van der Waals surface area contributed by atoms with E-state index >= 15 is 0 Å². The lowest BCUT2D eigenvalue weighted by atomic mass is 10.3. The van der Waals surface area contributed by atoms with Crippen molar-refractivity contribution in [2.24, 2.45) is 5.16 Å². The van der Waals surface area contributed by atoms with E-state index in [0.29, 0.717) is 0 Å². The van der Waals surface area contributed by atoms with E-state index in [0.717, 1.165) is 11.4 Å². The van der Waals surface area contributed by atoms with Crippen LogP contribution >= 0.6 is 0 Å². The SMILES string of the molecule is CN(C)c1ccc(/C=N/O)cn1. The Morgan fingerprint density at radius 3 is 2.67 bits per heavy atom. The van der Waals surface area contributed by atoms with Gasteiger partial charge in [-0.05, 0) is 12.1 Å². The summed E-state index contributed by atoms with van der Waals surface area (Å²) in [4.78, 5) is 6.02. The predicted octanol–water partition coefficient (Wildman–Crippen LogP) is 0.956. The van der Waals surface area contributed by atoms with Gasteiger partial charge in [0.05, 0.1) is 6.21 Å². The molecule has 0 aliphatic rings. The van der Waals surface area contributed by atoms with Gasteiger partial charge in [0.15, 0.2) is 0 Å². The third kappa shape index (κ3) is 1.95. The van der Waals surface area contributed by atoms with Crippen LogP contribution in [0, 0.1) is 0 Å². The minimum absolute atomic E-state index is 0.781. The fourth-order valence-electron chi connectivity index (χ4n) is 0.805. The largest absolute Gasteiger partial charge is 0.411 e. The molecular formula is C8H11N3O. The highest BCUT2D eigenvalue weighted by atomic mass is 16.4. The number of pyridine rings is 1. The lowest BCUT2D eigenvalue weighted by molar-refractivity contribution is 0.322. The first-order valence-electron chi connectivity index (χ1n) is 3.55. The molecule has 4 nitrogen and oxygen atoms in total. The highest BCUT2D eigenvalue weighted by Crippen LogP contribution is 2.05. The molecule has 0 saturated carbocycles. The second-order valence-corrected chi connectivity index (χ2v) is 2.59. The summed E-state index contributed by atoms with van der Waals surface area (Å²) in [7, 11) is 3.84. The van der Waals surface area contributed by atoms with E-state index in [9.17, 15) is 0 Å². The summed E-state index contributed by atoms with van der Waals surface area (Å²) in [5.74, 6) is 0.880. The van der Waals surface area contributed by atoms with Crippen molar-refractivity contribution in [3.05, 3.63) is 23.9 Å². The molecule has 0 spiro atoms. The summed E-state index contributed by atoms with van der Waals surface area (Å²) in [5, 5.41) is 11.1. The van der Waals surface area contributed by atoms with Crippen LogP contribution < -0.4 is 4.90 Å². The van der Waals surface area contributed by atoms with Crippen LogP contribution in [0.1, 0.15) is 5.56 Å². The van der Waals surface area contributed by atoms with Crippen LogP contribution in [-0.4, -0.2) is 30.5 Å². The van der Waals surface area contributed by atoms with Gasteiger partial charge in [0.1, 0.15) is 5.82 Å². The van der Waals surface area contributed by atoms with E-state index in [1.807, 2.05) is 31.1 Å². The molecule has 0 aliphatic carbocycles. The number of anilines is 1. The molecule has 0 amide bonds. The maximum absolute atomic E-state index is 8.23. The normalized spacial score (nSPS) is 10.5. The van der Waals surface area contributed by atoms with Gasteiger partial charge in [-0.3, -0.25) is 0 Å². The highest BCUT2D eigenvalue weighted by molar-refractivity contribution is 5.78. The van der Waals surface area contributed by atoms with E-state index in [-0.39, 0.29) is 0 Å². The zero-order valence-electron chi connectivity index (χ0n) is 7.10. The van der Waals surface area contributed by atoms with Crippen LogP contribution in [0.2, 0.25) is 0 Å². The first kappa shape index (κ1) is 8.52. The van der Waals surface area contributed by atoms with Gasteiger partial charge < -0.3 is 10.1 Å². The molecule has 1 aromatic heterocycles. The first-order chi connectivity index (χ1) is 5.74. The Balaban J connectivity index is 2.85. The van der Waals surface area contributed by atoms with E-state index in [4.69, 9.17) is 5.21 Å². The zero-order valence-corrected chi connectivity index (χ0v) is 7.10. The molecule has 64 valence electrons. The third-order valence-electron chi connectivity index (χ3n) is 1.44. The molecule has 0 radical (unpaired) electrons. The van der Waals surface area contributed by atoms with Crippen LogP contribution in [0.5, 0.6) is 0 Å². The van der Waals surface area contributed by atoms with Crippen LogP contribution in [0.3, 0.4) is 0 Å². The molecule has 0 bridgehead atoms. The smallest absolute Gasteiger partial charge is 0.127 e. The van der Waals surface area contributed by atoms with Gasteiger partial charge in [-0.25, -0.2) is 4.98 Å². The monoisotopic (exact) mass is 165 g/mol. The average Bonchev–Trinajstić information content (AvgIpc) is 2.06. The summed E-state index contributed by atoms with van der Waals surface area (Å²) < 4.78 is 0. The number of hydrogen-bond donors (Lipinski definition) is 1. The lowest BCUT2D eigenvalue weighted by Crippen LogP contribution is -2.10.